The number of aliphatic carboxylic acids is 4. The molecular weight excluding hydrogens is 1400 g/mol. The van der Waals surface area contributed by atoms with Crippen LogP contribution in [0.1, 0.15) is 13.8 Å². The van der Waals surface area contributed by atoms with Crippen LogP contribution in [0.25, 0.3) is 0 Å². The number of ether oxygens (including phenoxy) is 19. The number of aliphatic hydroxyl groups is 20. The van der Waals surface area contributed by atoms with Crippen molar-refractivity contribution in [3.63, 3.8) is 0 Å². The van der Waals surface area contributed by atoms with E-state index in [0.29, 0.717) is 0 Å². The molecule has 10 saturated heterocycles. The van der Waals surface area contributed by atoms with Crippen molar-refractivity contribution in [2.24, 2.45) is 0 Å². The second kappa shape index (κ2) is 32.0. The molecule has 10 fully saturated rings. The van der Waals surface area contributed by atoms with E-state index >= 15 is 0 Å². The third kappa shape index (κ3) is 15.7. The van der Waals surface area contributed by atoms with Crippen molar-refractivity contribution in [3.05, 3.63) is 0 Å². The summed E-state index contributed by atoms with van der Waals surface area (Å²) in [5.41, 5.74) is 0. The highest BCUT2D eigenvalue weighted by molar-refractivity contribution is 5.76. The van der Waals surface area contributed by atoms with E-state index in [1.807, 2.05) is 0 Å². The Kier molecular flexibility index (Phi) is 25.3. The highest BCUT2D eigenvalue weighted by Gasteiger charge is 2.63. The molecule has 10 aliphatic rings. The molecular formula is C54H82O47. The monoisotopic (exact) mass is 1480 g/mol. The van der Waals surface area contributed by atoms with Gasteiger partial charge in [-0.2, -0.15) is 0 Å². The van der Waals surface area contributed by atoms with Gasteiger partial charge in [-0.25, -0.2) is 19.2 Å². The van der Waals surface area contributed by atoms with Crippen LogP contribution in [0.4, 0.5) is 0 Å². The van der Waals surface area contributed by atoms with E-state index in [1.54, 1.807) is 0 Å². The molecule has 101 heavy (non-hydrogen) atoms. The average molecular weight is 1480 g/mol. The van der Waals surface area contributed by atoms with E-state index in [4.69, 9.17) is 90.0 Å². The van der Waals surface area contributed by atoms with Crippen LogP contribution in [-0.2, 0) is 109 Å². The van der Waals surface area contributed by atoms with E-state index in [1.165, 1.54) is 0 Å². The minimum Gasteiger partial charge on any atom is -0.479 e. The van der Waals surface area contributed by atoms with Crippen molar-refractivity contribution in [1.82, 2.24) is 0 Å². The number of fused-ring (bicyclic) bond motifs is 2. The van der Waals surface area contributed by atoms with Gasteiger partial charge in [0.25, 0.3) is 11.6 Å². The van der Waals surface area contributed by atoms with Crippen molar-refractivity contribution >= 4 is 23.9 Å². The Bertz CT molecular complexity index is 2790. The van der Waals surface area contributed by atoms with Gasteiger partial charge in [0.1, 0.15) is 183 Å². The summed E-state index contributed by atoms with van der Waals surface area (Å²) >= 11 is 0. The van der Waals surface area contributed by atoms with Crippen molar-refractivity contribution in [3.8, 4) is 0 Å². The average Bonchev–Trinajstić information content (AvgIpc) is 0.756. The largest absolute Gasteiger partial charge is 0.479 e. The molecule has 4 unspecified atom stereocenters. The van der Waals surface area contributed by atoms with Gasteiger partial charge in [-0.3, -0.25) is 0 Å². The first-order chi connectivity index (χ1) is 47.5. The summed E-state index contributed by atoms with van der Waals surface area (Å²) in [4.78, 5) is 48.2. The fourth-order valence-electron chi connectivity index (χ4n) is 12.9. The van der Waals surface area contributed by atoms with E-state index in [0.717, 1.165) is 13.8 Å². The number of hydrogen-bond acceptors (Lipinski definition) is 43. The summed E-state index contributed by atoms with van der Waals surface area (Å²) in [5, 5.41) is 259. The maximum atomic E-state index is 12.4. The molecule has 0 aromatic heterocycles. The molecule has 0 saturated carbocycles. The quantitative estimate of drug-likeness (QED) is 0.0479. The maximum Gasteiger partial charge on any atom is 0.364 e. The first-order valence-electron chi connectivity index (χ1n) is 31.2. The van der Waals surface area contributed by atoms with Crippen LogP contribution >= 0.6 is 0 Å². The zero-order valence-electron chi connectivity index (χ0n) is 52.5. The van der Waals surface area contributed by atoms with Gasteiger partial charge in [0.2, 0.25) is 0 Å². The molecule has 47 heteroatoms. The molecule has 0 aliphatic carbocycles. The number of aliphatic hydroxyl groups excluding tert-OH is 20. The van der Waals surface area contributed by atoms with E-state index in [9.17, 15) is 142 Å². The highest BCUT2D eigenvalue weighted by atomic mass is 16.8. The second-order valence-electron chi connectivity index (χ2n) is 25.4. The van der Waals surface area contributed by atoms with Gasteiger partial charge in [-0.1, -0.05) is 0 Å². The third-order valence-corrected chi connectivity index (χ3v) is 18.7. The lowest BCUT2D eigenvalue weighted by atomic mass is 9.94. The second-order valence-corrected chi connectivity index (χ2v) is 25.4. The number of rotatable bonds is 22. The molecule has 10 aliphatic heterocycles. The fourth-order valence-corrected chi connectivity index (χ4v) is 12.9. The topological polar surface area (TPSA) is 729 Å². The van der Waals surface area contributed by atoms with Gasteiger partial charge in [0.05, 0.1) is 39.6 Å². The van der Waals surface area contributed by atoms with Gasteiger partial charge in [0, 0.05) is 13.8 Å². The first kappa shape index (κ1) is 79.9. The van der Waals surface area contributed by atoms with Gasteiger partial charge in [-0.15, -0.1) is 0 Å². The Hall–Kier alpha value is -3.68. The molecule has 0 spiro atoms. The first-order valence-corrected chi connectivity index (χ1v) is 31.2. The lowest BCUT2D eigenvalue weighted by Gasteiger charge is -2.53. The zero-order chi connectivity index (χ0) is 74.1. The van der Waals surface area contributed by atoms with Crippen LogP contribution in [0.15, 0.2) is 0 Å². The van der Waals surface area contributed by atoms with Crippen molar-refractivity contribution in [2.45, 2.75) is 271 Å². The molecule has 0 amide bonds. The van der Waals surface area contributed by atoms with Crippen LogP contribution in [0.5, 0.6) is 0 Å². The van der Waals surface area contributed by atoms with Crippen LogP contribution < -0.4 is 0 Å². The van der Waals surface area contributed by atoms with Crippen molar-refractivity contribution in [2.75, 3.05) is 39.6 Å². The van der Waals surface area contributed by atoms with E-state index in [2.05, 4.69) is 0 Å². The molecule has 0 radical (unpaired) electrons. The lowest BCUT2D eigenvalue weighted by Crippen LogP contribution is -2.71. The minimum absolute atomic E-state index is 0.545. The maximum absolute atomic E-state index is 12.4. The normalized spacial score (nSPS) is 52.7. The Morgan fingerprint density at radius 1 is 0.337 bits per heavy atom. The molecule has 10 heterocycles. The standard InChI is InChI=1S/C54H82O47/c1-53(51(79)80)84-7-13-35(100-53)21(64)28(71)47(90-13)97-38-30(73)50(91-14-8-85-54(2,52(81)82)101-36(14)38)94-33-11(5-57)88-45(26(69)20(33)63)92-31-9(3-55)87-44(25(68)18(31)61)83-6-12-34(17(60)23(66)43(78)86-12)95-46-27(70)19(62)32(10(4-56)89-46)93-49-29(72)22(65)37(40(99-49)42(76)77)96-48-24(67)15(58)16(59)39(98-48)41(74)75/h9-40,43-50,55-73,78H,3-8H2,1-2H3,(H,74,75)(H,76,77)(H,79,80)(H,81,82)/t9-,10-,11-,12-,13-,14-,15+,16+,17-,18-,19-,20-,21-,22-,23-,24-,25-,26-,27-,28-,29-,30-,31-,32-,33-,34-,35+,36-,37+,38-,39+,40+,43?,44-,45+,46+,47+,48-,49-,50?,53?,54?/m1/s1. The number of carboxylic acid groups (broad SMARTS) is 4. The van der Waals surface area contributed by atoms with Crippen molar-refractivity contribution < 1.29 is 232 Å². The zero-order valence-corrected chi connectivity index (χ0v) is 52.5. The number of carbonyl (C=O) groups is 4. The predicted molar refractivity (Wildman–Crippen MR) is 293 cm³/mol. The van der Waals surface area contributed by atoms with Gasteiger partial charge >= 0.3 is 23.9 Å². The third-order valence-electron chi connectivity index (χ3n) is 18.7. The molecule has 24 N–H and O–H groups in total. The Morgan fingerprint density at radius 2 is 0.673 bits per heavy atom. The fraction of sp³-hybridized carbons (Fsp3) is 0.926. The molecule has 0 aromatic rings. The number of carboxylic acids is 4. The highest BCUT2D eigenvalue weighted by Crippen LogP contribution is 2.42. The molecule has 42 atom stereocenters. The Balaban J connectivity index is 0.759. The lowest BCUT2D eigenvalue weighted by molar-refractivity contribution is -0.424. The van der Waals surface area contributed by atoms with Crippen LogP contribution in [-0.4, -0.2) is 443 Å². The van der Waals surface area contributed by atoms with Crippen molar-refractivity contribution in [1.29, 1.82) is 0 Å². The number of hydrogen-bond donors (Lipinski definition) is 24. The Morgan fingerprint density at radius 3 is 1.13 bits per heavy atom. The predicted octanol–water partition coefficient (Wildman–Crippen LogP) is -16.5. The van der Waals surface area contributed by atoms with E-state index < -0.39 is 321 Å². The summed E-state index contributed by atoms with van der Waals surface area (Å²) < 4.78 is 106. The minimum atomic E-state index is -2.44. The summed E-state index contributed by atoms with van der Waals surface area (Å²) in [6.07, 6.45) is -83.7. The van der Waals surface area contributed by atoms with Gasteiger partial charge in [-0.05, 0) is 0 Å². The molecule has 0 bridgehead atoms. The molecule has 580 valence electrons. The van der Waals surface area contributed by atoms with Gasteiger partial charge < -0.3 is 213 Å². The molecule has 10 rings (SSSR count). The summed E-state index contributed by atoms with van der Waals surface area (Å²) in [7, 11) is 0. The Labute approximate surface area is 565 Å². The summed E-state index contributed by atoms with van der Waals surface area (Å²) in [6, 6.07) is 0. The summed E-state index contributed by atoms with van der Waals surface area (Å²) in [5.74, 6) is -11.8. The van der Waals surface area contributed by atoms with Crippen LogP contribution in [0.3, 0.4) is 0 Å². The molecule has 0 aromatic carbocycles. The van der Waals surface area contributed by atoms with Gasteiger partial charge in [0.15, 0.2) is 62.5 Å². The van der Waals surface area contributed by atoms with Crippen LogP contribution in [0, 0.1) is 0 Å². The van der Waals surface area contributed by atoms with E-state index in [-0.39, 0.29) is 0 Å². The van der Waals surface area contributed by atoms with Crippen LogP contribution in [0.2, 0.25) is 0 Å². The summed E-state index contributed by atoms with van der Waals surface area (Å²) in [6.45, 7) is -3.59. The SMILES string of the molecule is CC1(C(=O)O)OC[C@H]2O[C@@H](O[C@H]3[C@@H]4OC(C)(C(=O)O)OC[C@H]4OC(O[C@H]4[C@H](O)[C@@H](O)[C@H](O[C@H]5[C@H](O)[C@@H](O)[C@H](OC[C@H]6OC(O)[C@H](O)[C@@H](O)[C@@H]6O[C@@H]6O[C@H](CO)[C@@H](O[C@@H]7O[C@H](C(=O)O)[C@@H](O[C@@H]8O[C@H](C(=O)O)[C@@H](O)[C@H](O)[C@H]8O)[C@H](O)[C@H]7O)[C@H](O)[C@H]6O)O[C@@H]5CO)O[C@@H]4CO)[C@@H]3O)[C@H](O)[C@@H](O)[C@H]2O1. The smallest absolute Gasteiger partial charge is 0.364 e. The molecule has 47 nitrogen and oxygen atoms in total.